The number of rotatable bonds is 6. The highest BCUT2D eigenvalue weighted by molar-refractivity contribution is 6.01. The van der Waals surface area contributed by atoms with Crippen LogP contribution in [0.15, 0.2) is 71.7 Å². The largest absolute Gasteiger partial charge is 0.504 e. The van der Waals surface area contributed by atoms with E-state index in [-0.39, 0.29) is 18.0 Å². The number of hydrogen-bond donors (Lipinski definition) is 2. The molecule has 0 aromatic heterocycles. The molecule has 0 fully saturated rings. The molecule has 0 radical (unpaired) electrons. The van der Waals surface area contributed by atoms with E-state index in [1.165, 1.54) is 5.56 Å². The van der Waals surface area contributed by atoms with Crippen LogP contribution >= 0.6 is 0 Å². The van der Waals surface area contributed by atoms with Crippen molar-refractivity contribution >= 4 is 5.71 Å². The Morgan fingerprint density at radius 3 is 2.42 bits per heavy atom. The zero-order valence-electron chi connectivity index (χ0n) is 18.1. The molecule has 2 unspecified atom stereocenters. The third-order valence-corrected chi connectivity index (χ3v) is 5.57. The standard InChI is InChI=1S/C26H28N2O3/c1-4-31-24-11-7-9-19(25(24)29)22-16-21(18-14-12-17(2)13-15-18)27-26(28-22)20-8-5-6-10-23(20)30-3/h5-15,22,26,28-29H,4,16H2,1-3H3. The summed E-state index contributed by atoms with van der Waals surface area (Å²) < 4.78 is 11.2. The van der Waals surface area contributed by atoms with Crippen LogP contribution in [0.25, 0.3) is 0 Å². The topological polar surface area (TPSA) is 63.1 Å². The molecule has 0 aliphatic carbocycles. The number of benzene rings is 3. The summed E-state index contributed by atoms with van der Waals surface area (Å²) in [4.78, 5) is 5.04. The third kappa shape index (κ3) is 4.42. The van der Waals surface area contributed by atoms with E-state index in [2.05, 4.69) is 36.5 Å². The van der Waals surface area contributed by atoms with Crippen LogP contribution < -0.4 is 14.8 Å². The maximum Gasteiger partial charge on any atom is 0.162 e. The number of nitrogens with zero attached hydrogens (tertiary/aromatic N) is 1. The van der Waals surface area contributed by atoms with Crippen molar-refractivity contribution in [2.24, 2.45) is 4.99 Å². The van der Waals surface area contributed by atoms with Gasteiger partial charge in [-0.05, 0) is 31.5 Å². The van der Waals surface area contributed by atoms with Crippen LogP contribution in [-0.2, 0) is 0 Å². The Morgan fingerprint density at radius 1 is 0.968 bits per heavy atom. The van der Waals surface area contributed by atoms with Crippen molar-refractivity contribution in [2.45, 2.75) is 32.5 Å². The molecule has 0 saturated carbocycles. The molecule has 2 N–H and O–H groups in total. The minimum Gasteiger partial charge on any atom is -0.504 e. The number of nitrogens with one attached hydrogen (secondary N) is 1. The first-order valence-corrected chi connectivity index (χ1v) is 10.6. The van der Waals surface area contributed by atoms with Crippen molar-refractivity contribution < 1.29 is 14.6 Å². The lowest BCUT2D eigenvalue weighted by molar-refractivity contribution is 0.313. The van der Waals surface area contributed by atoms with Crippen LogP contribution in [0.4, 0.5) is 0 Å². The zero-order valence-corrected chi connectivity index (χ0v) is 18.1. The molecule has 1 heterocycles. The van der Waals surface area contributed by atoms with Gasteiger partial charge in [0.05, 0.1) is 13.7 Å². The molecule has 3 aromatic rings. The average Bonchev–Trinajstić information content (AvgIpc) is 2.80. The number of ether oxygens (including phenoxy) is 2. The molecule has 160 valence electrons. The van der Waals surface area contributed by atoms with E-state index in [1.54, 1.807) is 13.2 Å². The van der Waals surface area contributed by atoms with Crippen molar-refractivity contribution in [3.05, 3.63) is 89.0 Å². The van der Waals surface area contributed by atoms with E-state index in [0.717, 1.165) is 28.2 Å². The number of para-hydroxylation sites is 2. The first-order valence-electron chi connectivity index (χ1n) is 10.6. The lowest BCUT2D eigenvalue weighted by atomic mass is 9.93. The number of methoxy groups -OCH3 is 1. The molecule has 5 nitrogen and oxygen atoms in total. The lowest BCUT2D eigenvalue weighted by Crippen LogP contribution is -2.33. The van der Waals surface area contributed by atoms with Gasteiger partial charge in [0, 0.05) is 29.3 Å². The molecule has 0 spiro atoms. The van der Waals surface area contributed by atoms with Gasteiger partial charge in [-0.25, -0.2) is 0 Å². The number of hydrogen-bond acceptors (Lipinski definition) is 5. The highest BCUT2D eigenvalue weighted by atomic mass is 16.5. The van der Waals surface area contributed by atoms with Crippen LogP contribution in [0.1, 0.15) is 47.8 Å². The minimum atomic E-state index is -0.304. The fourth-order valence-electron chi connectivity index (χ4n) is 3.97. The van der Waals surface area contributed by atoms with Gasteiger partial charge in [-0.15, -0.1) is 0 Å². The Balaban J connectivity index is 1.78. The molecule has 0 amide bonds. The number of phenols is 1. The van der Waals surface area contributed by atoms with Gasteiger partial charge in [-0.3, -0.25) is 10.3 Å². The van der Waals surface area contributed by atoms with Crippen molar-refractivity contribution in [1.82, 2.24) is 5.32 Å². The van der Waals surface area contributed by atoms with Gasteiger partial charge in [0.2, 0.25) is 0 Å². The molecule has 0 bridgehead atoms. The maximum absolute atomic E-state index is 10.9. The second-order valence-electron chi connectivity index (χ2n) is 7.64. The monoisotopic (exact) mass is 416 g/mol. The quantitative estimate of drug-likeness (QED) is 0.570. The molecule has 1 aliphatic rings. The Hall–Kier alpha value is -3.31. The maximum atomic E-state index is 10.9. The van der Waals surface area contributed by atoms with Gasteiger partial charge in [0.25, 0.3) is 0 Å². The van der Waals surface area contributed by atoms with E-state index in [1.807, 2.05) is 43.3 Å². The Bertz CT molecular complexity index is 1080. The highest BCUT2D eigenvalue weighted by Crippen LogP contribution is 2.40. The van der Waals surface area contributed by atoms with E-state index in [0.29, 0.717) is 18.8 Å². The van der Waals surface area contributed by atoms with Gasteiger partial charge in [-0.1, -0.05) is 60.2 Å². The summed E-state index contributed by atoms with van der Waals surface area (Å²) in [5.41, 5.74) is 5.03. The zero-order chi connectivity index (χ0) is 21.8. The molecule has 0 saturated heterocycles. The molecule has 31 heavy (non-hydrogen) atoms. The predicted octanol–water partition coefficient (Wildman–Crippen LogP) is 5.33. The van der Waals surface area contributed by atoms with Gasteiger partial charge < -0.3 is 14.6 Å². The Labute approximate surface area is 183 Å². The van der Waals surface area contributed by atoms with Crippen LogP contribution in [0.5, 0.6) is 17.2 Å². The van der Waals surface area contributed by atoms with E-state index in [4.69, 9.17) is 14.5 Å². The first kappa shape index (κ1) is 20.9. The number of aliphatic imine (C=N–C) groups is 1. The SMILES string of the molecule is CCOc1cccc(C2CC(c3ccc(C)cc3)=NC(c3ccccc3OC)N2)c1O. The van der Waals surface area contributed by atoms with Crippen LogP contribution in [0, 0.1) is 6.92 Å². The molecule has 2 atom stereocenters. The molecule has 4 rings (SSSR count). The van der Waals surface area contributed by atoms with Crippen molar-refractivity contribution in [3.8, 4) is 17.2 Å². The summed E-state index contributed by atoms with van der Waals surface area (Å²) >= 11 is 0. The van der Waals surface area contributed by atoms with E-state index >= 15 is 0 Å². The van der Waals surface area contributed by atoms with Gasteiger partial charge >= 0.3 is 0 Å². The second kappa shape index (κ2) is 9.23. The molecular formula is C26H28N2O3. The number of aromatic hydroxyl groups is 1. The molecule has 1 aliphatic heterocycles. The average molecular weight is 417 g/mol. The Kier molecular flexibility index (Phi) is 6.23. The summed E-state index contributed by atoms with van der Waals surface area (Å²) in [6.45, 7) is 4.48. The fourth-order valence-corrected chi connectivity index (χ4v) is 3.97. The molecule has 5 heteroatoms. The van der Waals surface area contributed by atoms with Gasteiger partial charge in [-0.2, -0.15) is 0 Å². The normalized spacial score (nSPS) is 18.4. The highest BCUT2D eigenvalue weighted by Gasteiger charge is 2.29. The predicted molar refractivity (Wildman–Crippen MR) is 123 cm³/mol. The number of phenolic OH excluding ortho intramolecular Hbond substituents is 1. The summed E-state index contributed by atoms with van der Waals surface area (Å²) in [6.07, 6.45) is 0.346. The van der Waals surface area contributed by atoms with Crippen LogP contribution in [0.2, 0.25) is 0 Å². The first-order chi connectivity index (χ1) is 15.1. The van der Waals surface area contributed by atoms with Gasteiger partial charge in [0.1, 0.15) is 11.9 Å². The minimum absolute atomic E-state index is 0.135. The summed E-state index contributed by atoms with van der Waals surface area (Å²) in [7, 11) is 1.67. The van der Waals surface area contributed by atoms with Crippen LogP contribution in [-0.4, -0.2) is 24.5 Å². The van der Waals surface area contributed by atoms with Crippen molar-refractivity contribution in [3.63, 3.8) is 0 Å². The van der Waals surface area contributed by atoms with Gasteiger partial charge in [0.15, 0.2) is 11.5 Å². The van der Waals surface area contributed by atoms with Crippen LogP contribution in [0.3, 0.4) is 0 Å². The smallest absolute Gasteiger partial charge is 0.162 e. The second-order valence-corrected chi connectivity index (χ2v) is 7.64. The van der Waals surface area contributed by atoms with Crippen molar-refractivity contribution in [2.75, 3.05) is 13.7 Å². The third-order valence-electron chi connectivity index (χ3n) is 5.57. The lowest BCUT2D eigenvalue weighted by Gasteiger charge is -2.31. The molecular weight excluding hydrogens is 388 g/mol. The summed E-state index contributed by atoms with van der Waals surface area (Å²) in [6, 6.07) is 21.8. The molecule has 3 aromatic carbocycles. The number of aryl methyl sites for hydroxylation is 1. The fraction of sp³-hybridized carbons (Fsp3) is 0.269. The Morgan fingerprint density at radius 2 is 1.68 bits per heavy atom. The van der Waals surface area contributed by atoms with E-state index < -0.39 is 0 Å². The summed E-state index contributed by atoms with van der Waals surface area (Å²) in [5, 5.41) is 14.5. The summed E-state index contributed by atoms with van der Waals surface area (Å²) in [5.74, 6) is 1.45. The van der Waals surface area contributed by atoms with E-state index in [9.17, 15) is 5.11 Å². The van der Waals surface area contributed by atoms with Crippen molar-refractivity contribution in [1.29, 1.82) is 0 Å².